The van der Waals surface area contributed by atoms with E-state index in [0.717, 1.165) is 39.4 Å². The van der Waals surface area contributed by atoms with E-state index >= 15 is 0 Å². The third kappa shape index (κ3) is 3.38. The van der Waals surface area contributed by atoms with Crippen LogP contribution < -0.4 is 12.1 Å². The molecular formula is C37H22N2O2Te. The Morgan fingerprint density at radius 2 is 1.29 bits per heavy atom. The first-order chi connectivity index (χ1) is 20.7. The Morgan fingerprint density at radius 1 is 0.667 bits per heavy atom. The third-order valence-corrected chi connectivity index (χ3v) is 11.8. The van der Waals surface area contributed by atoms with Gasteiger partial charge < -0.3 is 0 Å². The van der Waals surface area contributed by atoms with E-state index in [-0.39, 0.29) is 17.1 Å². The van der Waals surface area contributed by atoms with Crippen molar-refractivity contribution in [3.05, 3.63) is 148 Å². The molecule has 0 radical (unpaired) electrons. The fourth-order valence-electron chi connectivity index (χ4n) is 6.88. The summed E-state index contributed by atoms with van der Waals surface area (Å²) < 4.78 is 2.78. The number of carbonyl (C=O) groups is 2. The van der Waals surface area contributed by atoms with E-state index in [9.17, 15) is 9.59 Å². The number of anilines is 2. The summed E-state index contributed by atoms with van der Waals surface area (Å²) in [6.07, 6.45) is 9.69. The Morgan fingerprint density at radius 3 is 2.00 bits per heavy atom. The van der Waals surface area contributed by atoms with Gasteiger partial charge in [0.2, 0.25) is 0 Å². The molecule has 5 heteroatoms. The van der Waals surface area contributed by atoms with E-state index in [1.807, 2.05) is 66.9 Å². The van der Waals surface area contributed by atoms with Crippen LogP contribution >= 0.6 is 0 Å². The predicted octanol–water partition coefficient (Wildman–Crippen LogP) is 6.41. The van der Waals surface area contributed by atoms with E-state index < -0.39 is 20.9 Å². The minimum absolute atomic E-state index is 0.169. The Bertz CT molecular complexity index is 2100. The number of rotatable bonds is 2. The van der Waals surface area contributed by atoms with Crippen LogP contribution in [0.5, 0.6) is 0 Å². The van der Waals surface area contributed by atoms with Crippen molar-refractivity contribution in [2.45, 2.75) is 12.8 Å². The molecule has 4 aliphatic rings. The van der Waals surface area contributed by atoms with Crippen molar-refractivity contribution in [2.24, 2.45) is 0 Å². The molecule has 0 unspecified atom stereocenters. The van der Waals surface area contributed by atoms with E-state index in [4.69, 9.17) is 4.98 Å². The number of hydrogen-bond donors (Lipinski definition) is 0. The molecule has 2 heterocycles. The number of ketones is 2. The summed E-state index contributed by atoms with van der Waals surface area (Å²) in [5.74, 6) is 0.715. The van der Waals surface area contributed by atoms with Gasteiger partial charge in [-0.1, -0.05) is 48.5 Å². The first kappa shape index (κ1) is 24.1. The SMILES string of the molecule is O=C1C(=CC2=CC3=C(C=C(N4c5ccccc5[Te]c5cccnc54)C3)C2)C(=O)c2c1c1ccccc1c1ccccc21. The van der Waals surface area contributed by atoms with Crippen molar-refractivity contribution in [3.63, 3.8) is 0 Å². The van der Waals surface area contributed by atoms with E-state index in [2.05, 4.69) is 47.4 Å². The molecule has 0 saturated heterocycles. The smallest absolute Gasteiger partial charge is 0.0616 e. The van der Waals surface area contributed by atoms with Crippen LogP contribution in [0.25, 0.3) is 21.5 Å². The number of carbonyl (C=O) groups excluding carboxylic acids is 2. The standard InChI is InChI=1S/C37H22N2O2Te/c40-35-29(36(41)34-28-11-4-2-9-26(28)25-8-1-3-10-27(25)33(34)35)18-21-16-22-19-24(20-23(22)17-21)39-30-12-5-6-13-31(30)42-32-14-7-15-38-37(32)39/h1-16,18,20H,17,19H2. The molecule has 0 fully saturated rings. The summed E-state index contributed by atoms with van der Waals surface area (Å²) in [6, 6.07) is 28.8. The van der Waals surface area contributed by atoms with Gasteiger partial charge in [-0.25, -0.2) is 0 Å². The van der Waals surface area contributed by atoms with Crippen molar-refractivity contribution >= 4 is 72.8 Å². The van der Waals surface area contributed by atoms with Crippen LogP contribution in [0, 0.1) is 0 Å². The van der Waals surface area contributed by atoms with Crippen LogP contribution in [-0.4, -0.2) is 37.5 Å². The molecule has 0 saturated carbocycles. The zero-order valence-corrected chi connectivity index (χ0v) is 24.8. The van der Waals surface area contributed by atoms with Gasteiger partial charge in [0, 0.05) is 0 Å². The zero-order chi connectivity index (χ0) is 27.9. The third-order valence-electron chi connectivity index (χ3n) is 8.66. The Labute approximate surface area is 252 Å². The first-order valence-corrected chi connectivity index (χ1v) is 16.4. The topological polar surface area (TPSA) is 50.3 Å². The van der Waals surface area contributed by atoms with Crippen molar-refractivity contribution in [3.8, 4) is 0 Å². The van der Waals surface area contributed by atoms with Crippen molar-refractivity contribution in [1.82, 2.24) is 4.98 Å². The van der Waals surface area contributed by atoms with Crippen LogP contribution in [-0.2, 0) is 0 Å². The van der Waals surface area contributed by atoms with Crippen LogP contribution in [0.1, 0.15) is 33.6 Å². The molecule has 0 amide bonds. The number of aromatic nitrogens is 1. The fourth-order valence-corrected chi connectivity index (χ4v) is 9.81. The van der Waals surface area contributed by atoms with Gasteiger partial charge >= 0.3 is 183 Å². The Hall–Kier alpha value is -4.56. The molecule has 1 aliphatic heterocycles. The van der Waals surface area contributed by atoms with E-state index in [1.165, 1.54) is 29.8 Å². The van der Waals surface area contributed by atoms with Gasteiger partial charge in [0.25, 0.3) is 0 Å². The molecule has 0 spiro atoms. The molecular weight excluding hydrogens is 632 g/mol. The zero-order valence-electron chi connectivity index (χ0n) is 22.4. The average molecular weight is 654 g/mol. The molecule has 4 aromatic carbocycles. The van der Waals surface area contributed by atoms with Crippen molar-refractivity contribution in [1.29, 1.82) is 0 Å². The molecule has 42 heavy (non-hydrogen) atoms. The van der Waals surface area contributed by atoms with Gasteiger partial charge in [-0.05, 0) is 21.5 Å². The number of allylic oxidation sites excluding steroid dienone is 7. The minimum Gasteiger partial charge on any atom is -0.0616 e. The fraction of sp³-hybridized carbons (Fsp3) is 0.0541. The van der Waals surface area contributed by atoms with Crippen LogP contribution in [0.15, 0.2) is 137 Å². The molecule has 5 aromatic rings. The quantitative estimate of drug-likeness (QED) is 0.0956. The van der Waals surface area contributed by atoms with E-state index in [1.54, 1.807) is 0 Å². The number of nitrogens with zero attached hydrogens (tertiary/aromatic N) is 2. The number of para-hydroxylation sites is 1. The molecule has 3 aliphatic carbocycles. The maximum atomic E-state index is 13.8. The minimum atomic E-state index is -0.486. The molecule has 0 N–H and O–H groups in total. The number of fused-ring (bicyclic) bond motifs is 8. The normalized spacial score (nSPS) is 17.0. The van der Waals surface area contributed by atoms with Crippen molar-refractivity contribution < 1.29 is 9.59 Å². The maximum absolute atomic E-state index is 13.8. The van der Waals surface area contributed by atoms with Crippen LogP contribution in [0.2, 0.25) is 0 Å². The first-order valence-electron chi connectivity index (χ1n) is 14.1. The molecule has 9 rings (SSSR count). The summed E-state index contributed by atoms with van der Waals surface area (Å²) in [6.45, 7) is 0. The van der Waals surface area contributed by atoms with E-state index in [0.29, 0.717) is 17.5 Å². The summed E-state index contributed by atoms with van der Waals surface area (Å²) in [5, 5.41) is 3.70. The van der Waals surface area contributed by atoms with Gasteiger partial charge in [-0.2, -0.15) is 0 Å². The second-order valence-corrected chi connectivity index (χ2v) is 14.1. The number of pyridine rings is 1. The van der Waals surface area contributed by atoms with Gasteiger partial charge in [0.15, 0.2) is 0 Å². The average Bonchev–Trinajstić information content (AvgIpc) is 3.67. The van der Waals surface area contributed by atoms with Crippen LogP contribution in [0.4, 0.5) is 11.5 Å². The molecule has 4 nitrogen and oxygen atoms in total. The Kier molecular flexibility index (Phi) is 5.14. The second kappa shape index (κ2) is 8.97. The monoisotopic (exact) mass is 656 g/mol. The van der Waals surface area contributed by atoms with Gasteiger partial charge in [0.05, 0.1) is 0 Å². The van der Waals surface area contributed by atoms with Crippen molar-refractivity contribution in [2.75, 3.05) is 4.90 Å². The summed E-state index contributed by atoms with van der Waals surface area (Å²) >= 11 is -0.486. The number of hydrogen-bond acceptors (Lipinski definition) is 4. The summed E-state index contributed by atoms with van der Waals surface area (Å²) in [7, 11) is 0. The summed E-state index contributed by atoms with van der Waals surface area (Å²) in [5.41, 5.74) is 7.33. The molecule has 0 bridgehead atoms. The predicted molar refractivity (Wildman–Crippen MR) is 168 cm³/mol. The summed E-state index contributed by atoms with van der Waals surface area (Å²) in [4.78, 5) is 34.8. The molecule has 0 atom stereocenters. The number of benzene rings is 4. The van der Waals surface area contributed by atoms with Crippen LogP contribution in [0.3, 0.4) is 0 Å². The van der Waals surface area contributed by atoms with Gasteiger partial charge in [-0.15, -0.1) is 0 Å². The second-order valence-electron chi connectivity index (χ2n) is 11.0. The van der Waals surface area contributed by atoms with Gasteiger partial charge in [0.1, 0.15) is 0 Å². The van der Waals surface area contributed by atoms with Gasteiger partial charge in [-0.3, -0.25) is 0 Å². The molecule has 198 valence electrons. The molecule has 1 aromatic heterocycles. The Balaban J connectivity index is 1.06. The number of Topliss-reactive ketones (excluding diaryl/α,β-unsaturated/α-hetero) is 2.